The van der Waals surface area contributed by atoms with Gasteiger partial charge in [-0.15, -0.1) is 5.10 Å². The van der Waals surface area contributed by atoms with E-state index in [9.17, 15) is 5.26 Å². The summed E-state index contributed by atoms with van der Waals surface area (Å²) in [6, 6.07) is 10.3. The SMILES string of the molecule is CCCc1[nH]nc2c1C(c1ccc(-n3ccnc3C)cc1)C(C#N)=C(N)O2. The molecular weight excluding hydrogens is 340 g/mol. The van der Waals surface area contributed by atoms with Crippen molar-refractivity contribution in [1.29, 1.82) is 5.26 Å². The Balaban J connectivity index is 1.81. The minimum absolute atomic E-state index is 0.110. The van der Waals surface area contributed by atoms with Gasteiger partial charge in [0.05, 0.1) is 5.92 Å². The first-order valence-electron chi connectivity index (χ1n) is 8.89. The van der Waals surface area contributed by atoms with Crippen molar-refractivity contribution >= 4 is 0 Å². The number of fused-ring (bicyclic) bond motifs is 1. The average molecular weight is 360 g/mol. The summed E-state index contributed by atoms with van der Waals surface area (Å²) >= 11 is 0. The molecule has 27 heavy (non-hydrogen) atoms. The van der Waals surface area contributed by atoms with Gasteiger partial charge in [0.1, 0.15) is 17.5 Å². The second kappa shape index (κ2) is 6.65. The molecule has 0 bridgehead atoms. The van der Waals surface area contributed by atoms with Crippen molar-refractivity contribution < 1.29 is 4.74 Å². The number of allylic oxidation sites excluding steroid dienone is 1. The van der Waals surface area contributed by atoms with Crippen molar-refractivity contribution in [2.24, 2.45) is 5.73 Å². The summed E-state index contributed by atoms with van der Waals surface area (Å²) in [6.45, 7) is 4.06. The molecule has 0 radical (unpaired) electrons. The number of aryl methyl sites for hydroxylation is 2. The van der Waals surface area contributed by atoms with Gasteiger partial charge < -0.3 is 15.0 Å². The molecule has 0 saturated heterocycles. The van der Waals surface area contributed by atoms with Crippen LogP contribution in [0.3, 0.4) is 0 Å². The van der Waals surface area contributed by atoms with E-state index < -0.39 is 0 Å². The van der Waals surface area contributed by atoms with Gasteiger partial charge in [-0.05, 0) is 31.0 Å². The van der Waals surface area contributed by atoms with Crippen molar-refractivity contribution in [1.82, 2.24) is 19.7 Å². The topological polar surface area (TPSA) is 106 Å². The van der Waals surface area contributed by atoms with Gasteiger partial charge in [-0.1, -0.05) is 25.5 Å². The third-order valence-electron chi connectivity index (χ3n) is 4.85. The third-order valence-corrected chi connectivity index (χ3v) is 4.85. The molecule has 4 rings (SSSR count). The van der Waals surface area contributed by atoms with Crippen molar-refractivity contribution in [3.8, 4) is 17.6 Å². The molecule has 1 aliphatic heterocycles. The number of nitriles is 1. The minimum Gasteiger partial charge on any atom is -0.420 e. The zero-order valence-electron chi connectivity index (χ0n) is 15.2. The second-order valence-electron chi connectivity index (χ2n) is 6.53. The molecule has 0 amide bonds. The highest BCUT2D eigenvalue weighted by atomic mass is 16.5. The Kier molecular flexibility index (Phi) is 4.16. The van der Waals surface area contributed by atoms with Gasteiger partial charge >= 0.3 is 0 Å². The monoisotopic (exact) mass is 360 g/mol. The third kappa shape index (κ3) is 2.75. The van der Waals surface area contributed by atoms with Crippen LogP contribution >= 0.6 is 0 Å². The molecular formula is C20H20N6O. The van der Waals surface area contributed by atoms with E-state index in [0.29, 0.717) is 11.5 Å². The van der Waals surface area contributed by atoms with Crippen LogP contribution in [-0.4, -0.2) is 19.7 Å². The Hall–Kier alpha value is -3.53. The number of rotatable bonds is 4. The Morgan fingerprint density at radius 3 is 2.74 bits per heavy atom. The quantitative estimate of drug-likeness (QED) is 0.744. The molecule has 1 unspecified atom stereocenters. The van der Waals surface area contributed by atoms with Crippen molar-refractivity contribution in [3.63, 3.8) is 0 Å². The first-order chi connectivity index (χ1) is 13.1. The van der Waals surface area contributed by atoms with Gasteiger partial charge in [0.15, 0.2) is 0 Å². The second-order valence-corrected chi connectivity index (χ2v) is 6.53. The number of imidazole rings is 1. The zero-order valence-corrected chi connectivity index (χ0v) is 15.2. The van der Waals surface area contributed by atoms with E-state index in [-0.39, 0.29) is 11.8 Å². The van der Waals surface area contributed by atoms with Gasteiger partial charge in [0, 0.05) is 29.3 Å². The van der Waals surface area contributed by atoms with Crippen LogP contribution in [0.1, 0.15) is 41.9 Å². The number of aromatic amines is 1. The lowest BCUT2D eigenvalue weighted by atomic mass is 9.83. The largest absolute Gasteiger partial charge is 0.420 e. The molecule has 0 aliphatic carbocycles. The van der Waals surface area contributed by atoms with Crippen LogP contribution in [0.4, 0.5) is 0 Å². The number of nitrogens with zero attached hydrogens (tertiary/aromatic N) is 4. The summed E-state index contributed by atoms with van der Waals surface area (Å²) in [4.78, 5) is 4.26. The lowest BCUT2D eigenvalue weighted by molar-refractivity contribution is 0.378. The predicted molar refractivity (Wildman–Crippen MR) is 100 cm³/mol. The first kappa shape index (κ1) is 16.9. The average Bonchev–Trinajstić information content (AvgIpc) is 3.27. The number of hydrogen-bond donors (Lipinski definition) is 2. The molecule has 0 spiro atoms. The van der Waals surface area contributed by atoms with Crippen LogP contribution in [0.5, 0.6) is 5.88 Å². The van der Waals surface area contributed by atoms with Gasteiger partial charge in [0.2, 0.25) is 11.8 Å². The number of hydrogen-bond acceptors (Lipinski definition) is 5. The van der Waals surface area contributed by atoms with Crippen LogP contribution in [0.2, 0.25) is 0 Å². The number of benzene rings is 1. The number of nitrogens with one attached hydrogen (secondary N) is 1. The summed E-state index contributed by atoms with van der Waals surface area (Å²) in [5.41, 5.74) is 10.3. The Bertz CT molecular complexity index is 1050. The molecule has 1 aromatic carbocycles. The summed E-state index contributed by atoms with van der Waals surface area (Å²) in [5, 5.41) is 17.0. The fourth-order valence-electron chi connectivity index (χ4n) is 3.56. The van der Waals surface area contributed by atoms with E-state index in [1.165, 1.54) is 0 Å². The molecule has 7 heteroatoms. The molecule has 136 valence electrons. The lowest BCUT2D eigenvalue weighted by Crippen LogP contribution is -2.21. The maximum absolute atomic E-state index is 9.71. The smallest absolute Gasteiger partial charge is 0.244 e. The van der Waals surface area contributed by atoms with Crippen LogP contribution in [0, 0.1) is 18.3 Å². The van der Waals surface area contributed by atoms with E-state index in [1.54, 1.807) is 6.20 Å². The molecule has 3 heterocycles. The highest BCUT2D eigenvalue weighted by molar-refractivity contribution is 5.56. The highest BCUT2D eigenvalue weighted by Gasteiger charge is 2.34. The van der Waals surface area contributed by atoms with E-state index in [4.69, 9.17) is 10.5 Å². The fraction of sp³-hybridized carbons (Fsp3) is 0.250. The van der Waals surface area contributed by atoms with Gasteiger partial charge in [-0.25, -0.2) is 4.98 Å². The maximum atomic E-state index is 9.71. The van der Waals surface area contributed by atoms with E-state index in [1.807, 2.05) is 42.0 Å². The van der Waals surface area contributed by atoms with Crippen LogP contribution in [0.25, 0.3) is 5.69 Å². The molecule has 7 nitrogen and oxygen atoms in total. The molecule has 0 saturated carbocycles. The molecule has 1 aliphatic rings. The normalized spacial score (nSPS) is 16.0. The van der Waals surface area contributed by atoms with Gasteiger partial charge in [-0.2, -0.15) is 5.26 Å². The van der Waals surface area contributed by atoms with Gasteiger partial charge in [0.25, 0.3) is 0 Å². The summed E-state index contributed by atoms with van der Waals surface area (Å²) in [5.74, 6) is 1.18. The molecule has 2 aromatic heterocycles. The highest BCUT2D eigenvalue weighted by Crippen LogP contribution is 2.43. The summed E-state index contributed by atoms with van der Waals surface area (Å²) in [6.07, 6.45) is 5.48. The Labute approximate surface area is 157 Å². The summed E-state index contributed by atoms with van der Waals surface area (Å²) < 4.78 is 7.60. The Morgan fingerprint density at radius 1 is 1.33 bits per heavy atom. The van der Waals surface area contributed by atoms with E-state index >= 15 is 0 Å². The molecule has 3 aromatic rings. The van der Waals surface area contributed by atoms with Crippen LogP contribution < -0.4 is 10.5 Å². The maximum Gasteiger partial charge on any atom is 0.244 e. The van der Waals surface area contributed by atoms with Crippen molar-refractivity contribution in [2.45, 2.75) is 32.6 Å². The number of H-pyrrole nitrogens is 1. The summed E-state index contributed by atoms with van der Waals surface area (Å²) in [7, 11) is 0. The van der Waals surface area contributed by atoms with Gasteiger partial charge in [-0.3, -0.25) is 5.10 Å². The molecule has 1 atom stereocenters. The van der Waals surface area contributed by atoms with E-state index in [0.717, 1.165) is 41.2 Å². The predicted octanol–water partition coefficient (Wildman–Crippen LogP) is 3.07. The molecule has 0 fully saturated rings. The van der Waals surface area contributed by atoms with Crippen LogP contribution in [-0.2, 0) is 6.42 Å². The lowest BCUT2D eigenvalue weighted by Gasteiger charge is -2.24. The van der Waals surface area contributed by atoms with E-state index in [2.05, 4.69) is 28.2 Å². The number of aromatic nitrogens is 4. The standard InChI is InChI=1S/C20H20N6O/c1-3-4-16-18-17(15(11-21)19(22)27-20(18)25-24-16)13-5-7-14(8-6-13)26-10-9-23-12(26)2/h5-10,17H,3-4,22H2,1-2H3,(H,24,25). The number of ether oxygens (including phenoxy) is 1. The van der Waals surface area contributed by atoms with Crippen molar-refractivity contribution in [2.75, 3.05) is 0 Å². The van der Waals surface area contributed by atoms with Crippen molar-refractivity contribution in [3.05, 3.63) is 70.8 Å². The first-order valence-corrected chi connectivity index (χ1v) is 8.89. The fourth-order valence-corrected chi connectivity index (χ4v) is 3.56. The number of nitrogens with two attached hydrogens (primary N) is 1. The Morgan fingerprint density at radius 2 is 2.11 bits per heavy atom. The zero-order chi connectivity index (χ0) is 19.0. The molecule has 3 N–H and O–H groups in total. The van der Waals surface area contributed by atoms with Crippen LogP contribution in [0.15, 0.2) is 48.1 Å². The minimum atomic E-state index is -0.294.